The number of aryl methyl sites for hydroxylation is 1. The Hall–Kier alpha value is -1.50. The monoisotopic (exact) mass is 271 g/mol. The maximum Gasteiger partial charge on any atom is 0.306 e. The Morgan fingerprint density at radius 2 is 2.22 bits per heavy atom. The van der Waals surface area contributed by atoms with Crippen molar-refractivity contribution in [1.82, 2.24) is 14.9 Å². The zero-order valence-electron chi connectivity index (χ0n) is 10.5. The lowest BCUT2D eigenvalue weighted by Gasteiger charge is -2.07. The Labute approximate surface area is 110 Å². The zero-order valence-corrected chi connectivity index (χ0v) is 11.3. The standard InChI is InChI=1S/C11H17N3O3S/c1-3-4-8-9(18-14-13-8)10(15)12-6-5-7(2)11(16)17/h7H,3-6H2,1-2H3,(H,12,15)(H,16,17). The summed E-state index contributed by atoms with van der Waals surface area (Å²) in [5, 5.41) is 15.3. The number of rotatable bonds is 7. The number of carbonyl (C=O) groups excluding carboxylic acids is 1. The number of amides is 1. The van der Waals surface area contributed by atoms with Crippen molar-refractivity contribution in [3.8, 4) is 0 Å². The van der Waals surface area contributed by atoms with Gasteiger partial charge in [-0.3, -0.25) is 9.59 Å². The van der Waals surface area contributed by atoms with Gasteiger partial charge in [0.1, 0.15) is 4.88 Å². The van der Waals surface area contributed by atoms with Gasteiger partial charge in [0, 0.05) is 6.54 Å². The van der Waals surface area contributed by atoms with Gasteiger partial charge in [-0.1, -0.05) is 24.8 Å². The Balaban J connectivity index is 2.45. The third-order valence-corrected chi connectivity index (χ3v) is 3.30. The molecule has 0 aliphatic carbocycles. The van der Waals surface area contributed by atoms with Crippen LogP contribution in [0.2, 0.25) is 0 Å². The first-order valence-corrected chi connectivity index (χ1v) is 6.65. The largest absolute Gasteiger partial charge is 0.481 e. The van der Waals surface area contributed by atoms with Crippen molar-refractivity contribution in [3.63, 3.8) is 0 Å². The number of nitrogens with zero attached hydrogens (tertiary/aromatic N) is 2. The average molecular weight is 271 g/mol. The molecule has 1 atom stereocenters. The quantitative estimate of drug-likeness (QED) is 0.780. The van der Waals surface area contributed by atoms with Gasteiger partial charge in [0.25, 0.3) is 5.91 Å². The van der Waals surface area contributed by atoms with Crippen LogP contribution in [-0.2, 0) is 11.2 Å². The van der Waals surface area contributed by atoms with Gasteiger partial charge in [0.05, 0.1) is 11.6 Å². The number of hydrogen-bond acceptors (Lipinski definition) is 5. The smallest absolute Gasteiger partial charge is 0.306 e. The maximum absolute atomic E-state index is 11.8. The summed E-state index contributed by atoms with van der Waals surface area (Å²) in [6.07, 6.45) is 2.04. The molecule has 1 unspecified atom stereocenters. The second-order valence-electron chi connectivity index (χ2n) is 4.08. The SMILES string of the molecule is CCCc1nnsc1C(=O)NCCC(C)C(=O)O. The predicted octanol–water partition coefficient (Wildman–Crippen LogP) is 1.33. The van der Waals surface area contributed by atoms with Crippen LogP contribution in [-0.4, -0.2) is 33.1 Å². The van der Waals surface area contributed by atoms with E-state index in [9.17, 15) is 9.59 Å². The minimum atomic E-state index is -0.852. The Bertz CT molecular complexity index is 419. The van der Waals surface area contributed by atoms with Crippen LogP contribution in [0.25, 0.3) is 0 Å². The van der Waals surface area contributed by atoms with Crippen LogP contribution in [0.3, 0.4) is 0 Å². The lowest BCUT2D eigenvalue weighted by molar-refractivity contribution is -0.141. The van der Waals surface area contributed by atoms with Crippen LogP contribution in [0.15, 0.2) is 0 Å². The second kappa shape index (κ2) is 7.05. The van der Waals surface area contributed by atoms with Crippen molar-refractivity contribution in [3.05, 3.63) is 10.6 Å². The van der Waals surface area contributed by atoms with Gasteiger partial charge in [-0.25, -0.2) is 0 Å². The van der Waals surface area contributed by atoms with Crippen LogP contribution in [0.5, 0.6) is 0 Å². The normalized spacial score (nSPS) is 12.1. The molecule has 6 nitrogen and oxygen atoms in total. The molecule has 0 bridgehead atoms. The highest BCUT2D eigenvalue weighted by Gasteiger charge is 2.16. The third kappa shape index (κ3) is 4.06. The van der Waals surface area contributed by atoms with Crippen molar-refractivity contribution < 1.29 is 14.7 Å². The minimum absolute atomic E-state index is 0.217. The fraction of sp³-hybridized carbons (Fsp3) is 0.636. The van der Waals surface area contributed by atoms with E-state index in [0.717, 1.165) is 24.4 Å². The molecule has 0 radical (unpaired) electrons. The molecule has 1 amide bonds. The topological polar surface area (TPSA) is 92.2 Å². The molecule has 0 aromatic carbocycles. The van der Waals surface area contributed by atoms with E-state index in [1.807, 2.05) is 6.92 Å². The first kappa shape index (κ1) is 14.6. The van der Waals surface area contributed by atoms with Gasteiger partial charge in [-0.15, -0.1) is 5.10 Å². The number of nitrogens with one attached hydrogen (secondary N) is 1. The average Bonchev–Trinajstić information content (AvgIpc) is 2.77. The van der Waals surface area contributed by atoms with E-state index < -0.39 is 11.9 Å². The number of carboxylic acids is 1. The van der Waals surface area contributed by atoms with E-state index >= 15 is 0 Å². The molecule has 0 spiro atoms. The van der Waals surface area contributed by atoms with Crippen LogP contribution in [0.4, 0.5) is 0 Å². The van der Waals surface area contributed by atoms with Gasteiger partial charge >= 0.3 is 5.97 Å². The molecule has 1 rings (SSSR count). The predicted molar refractivity (Wildman–Crippen MR) is 67.7 cm³/mol. The van der Waals surface area contributed by atoms with E-state index in [1.165, 1.54) is 0 Å². The fourth-order valence-electron chi connectivity index (χ4n) is 1.39. The van der Waals surface area contributed by atoms with Crippen LogP contribution in [0, 0.1) is 5.92 Å². The van der Waals surface area contributed by atoms with E-state index in [0.29, 0.717) is 23.5 Å². The summed E-state index contributed by atoms with van der Waals surface area (Å²) in [4.78, 5) is 23.0. The highest BCUT2D eigenvalue weighted by atomic mass is 32.1. The molecule has 1 aromatic rings. The summed E-state index contributed by atoms with van der Waals surface area (Å²) in [6.45, 7) is 3.97. The molecule has 0 saturated heterocycles. The van der Waals surface area contributed by atoms with Crippen LogP contribution >= 0.6 is 11.5 Å². The Morgan fingerprint density at radius 1 is 1.50 bits per heavy atom. The van der Waals surface area contributed by atoms with Crippen molar-refractivity contribution in [2.75, 3.05) is 6.54 Å². The molecular formula is C11H17N3O3S. The first-order valence-electron chi connectivity index (χ1n) is 5.88. The molecule has 0 aliphatic heterocycles. The van der Waals surface area contributed by atoms with Gasteiger partial charge in [-0.05, 0) is 24.4 Å². The molecule has 0 saturated carbocycles. The lowest BCUT2D eigenvalue weighted by Crippen LogP contribution is -2.27. The Morgan fingerprint density at radius 3 is 2.83 bits per heavy atom. The molecule has 7 heteroatoms. The van der Waals surface area contributed by atoms with Crippen molar-refractivity contribution in [2.24, 2.45) is 5.92 Å². The molecule has 2 N–H and O–H groups in total. The van der Waals surface area contributed by atoms with Crippen LogP contribution < -0.4 is 5.32 Å². The first-order chi connectivity index (χ1) is 8.56. The van der Waals surface area contributed by atoms with Gasteiger partial charge in [-0.2, -0.15) is 0 Å². The second-order valence-corrected chi connectivity index (χ2v) is 4.84. The molecule has 18 heavy (non-hydrogen) atoms. The molecule has 0 fully saturated rings. The molecule has 1 heterocycles. The maximum atomic E-state index is 11.8. The summed E-state index contributed by atoms with van der Waals surface area (Å²) in [5.41, 5.74) is 0.714. The highest BCUT2D eigenvalue weighted by Crippen LogP contribution is 2.12. The Kier molecular flexibility index (Phi) is 5.70. The fourth-order valence-corrected chi connectivity index (χ4v) is 2.01. The van der Waals surface area contributed by atoms with E-state index in [4.69, 9.17) is 5.11 Å². The summed E-state index contributed by atoms with van der Waals surface area (Å²) in [6, 6.07) is 0. The molecular weight excluding hydrogens is 254 g/mol. The number of carboxylic acid groups (broad SMARTS) is 1. The number of aromatic nitrogens is 2. The number of carbonyl (C=O) groups is 2. The molecule has 0 aliphatic rings. The van der Waals surface area contributed by atoms with Gasteiger partial charge in [0.2, 0.25) is 0 Å². The molecule has 1 aromatic heterocycles. The summed E-state index contributed by atoms with van der Waals surface area (Å²) >= 11 is 1.07. The summed E-state index contributed by atoms with van der Waals surface area (Å²) in [7, 11) is 0. The third-order valence-electron chi connectivity index (χ3n) is 2.53. The summed E-state index contributed by atoms with van der Waals surface area (Å²) < 4.78 is 3.77. The minimum Gasteiger partial charge on any atom is -0.481 e. The van der Waals surface area contributed by atoms with E-state index in [1.54, 1.807) is 6.92 Å². The van der Waals surface area contributed by atoms with Gasteiger partial charge in [0.15, 0.2) is 0 Å². The van der Waals surface area contributed by atoms with Crippen LogP contribution in [0.1, 0.15) is 42.1 Å². The summed E-state index contributed by atoms with van der Waals surface area (Å²) in [5.74, 6) is -1.53. The van der Waals surface area contributed by atoms with Crippen molar-refractivity contribution in [2.45, 2.75) is 33.1 Å². The zero-order chi connectivity index (χ0) is 13.5. The number of hydrogen-bond donors (Lipinski definition) is 2. The lowest BCUT2D eigenvalue weighted by atomic mass is 10.1. The highest BCUT2D eigenvalue weighted by molar-refractivity contribution is 7.08. The molecule has 100 valence electrons. The van der Waals surface area contributed by atoms with Gasteiger partial charge < -0.3 is 10.4 Å². The number of aliphatic carboxylic acids is 1. The van der Waals surface area contributed by atoms with Crippen molar-refractivity contribution >= 4 is 23.4 Å². The van der Waals surface area contributed by atoms with E-state index in [-0.39, 0.29) is 5.91 Å². The van der Waals surface area contributed by atoms with E-state index in [2.05, 4.69) is 14.9 Å². The van der Waals surface area contributed by atoms with Crippen molar-refractivity contribution in [1.29, 1.82) is 0 Å².